The lowest BCUT2D eigenvalue weighted by atomic mass is 9.98. The van der Waals surface area contributed by atoms with E-state index in [1.54, 1.807) is 32.0 Å². The monoisotopic (exact) mass is 475 g/mol. The number of nitrogens with one attached hydrogen (secondary N) is 1. The van der Waals surface area contributed by atoms with E-state index in [2.05, 4.69) is 22.2 Å². The summed E-state index contributed by atoms with van der Waals surface area (Å²) in [7, 11) is 0. The first kappa shape index (κ1) is 23.9. The van der Waals surface area contributed by atoms with Crippen molar-refractivity contribution in [2.24, 2.45) is 16.6 Å². The van der Waals surface area contributed by atoms with Gasteiger partial charge in [-0.05, 0) is 38.5 Å². The summed E-state index contributed by atoms with van der Waals surface area (Å²) in [5, 5.41) is 2.19. The first-order chi connectivity index (χ1) is 16.6. The Morgan fingerprint density at radius 1 is 1.17 bits per heavy atom. The van der Waals surface area contributed by atoms with Gasteiger partial charge in [-0.2, -0.15) is 0 Å². The SMILES string of the molecule is CC(C)(C=O)N=CC(C#CC1CN(c2ccc3c(c2)C(=O)N(C2CCC(=O)NC2=O)C3=O)C1)=CN. The zero-order chi connectivity index (χ0) is 25.3. The van der Waals surface area contributed by atoms with Crippen molar-refractivity contribution in [3.8, 4) is 11.8 Å². The summed E-state index contributed by atoms with van der Waals surface area (Å²) in [6, 6.07) is 4.03. The fraction of sp³-hybridized carbons (Fsp3) is 0.360. The highest BCUT2D eigenvalue weighted by molar-refractivity contribution is 6.23. The van der Waals surface area contributed by atoms with Gasteiger partial charge in [0.05, 0.1) is 22.6 Å². The highest BCUT2D eigenvalue weighted by Crippen LogP contribution is 2.32. The average Bonchev–Trinajstić information content (AvgIpc) is 3.04. The minimum atomic E-state index is -0.988. The lowest BCUT2D eigenvalue weighted by Crippen LogP contribution is -2.54. The Labute approximate surface area is 202 Å². The number of amides is 4. The molecule has 0 saturated carbocycles. The summed E-state index contributed by atoms with van der Waals surface area (Å²) in [4.78, 5) is 67.6. The van der Waals surface area contributed by atoms with E-state index in [1.165, 1.54) is 12.4 Å². The van der Waals surface area contributed by atoms with Gasteiger partial charge in [0.15, 0.2) is 0 Å². The largest absolute Gasteiger partial charge is 0.404 e. The summed E-state index contributed by atoms with van der Waals surface area (Å²) in [5.41, 5.74) is 6.53. The minimum Gasteiger partial charge on any atom is -0.404 e. The molecular weight excluding hydrogens is 450 g/mol. The number of rotatable bonds is 5. The van der Waals surface area contributed by atoms with Crippen LogP contribution in [0.2, 0.25) is 0 Å². The van der Waals surface area contributed by atoms with Gasteiger partial charge in [-0.25, -0.2) is 0 Å². The number of aliphatic imine (C=N–C) groups is 1. The first-order valence-corrected chi connectivity index (χ1v) is 11.2. The van der Waals surface area contributed by atoms with Gasteiger partial charge in [0, 0.05) is 37.6 Å². The van der Waals surface area contributed by atoms with Crippen LogP contribution in [0.5, 0.6) is 0 Å². The number of benzene rings is 1. The smallest absolute Gasteiger partial charge is 0.262 e. The molecule has 1 aromatic rings. The number of aldehydes is 1. The van der Waals surface area contributed by atoms with Crippen LogP contribution in [0.4, 0.5) is 5.69 Å². The molecule has 3 aliphatic heterocycles. The number of fused-ring (bicyclic) bond motifs is 1. The molecule has 1 unspecified atom stereocenters. The van der Waals surface area contributed by atoms with Crippen LogP contribution in [0, 0.1) is 17.8 Å². The zero-order valence-electron chi connectivity index (χ0n) is 19.4. The molecule has 0 aromatic heterocycles. The molecule has 1 atom stereocenters. The molecule has 1 aromatic carbocycles. The van der Waals surface area contributed by atoms with E-state index in [0.29, 0.717) is 18.7 Å². The van der Waals surface area contributed by atoms with Gasteiger partial charge in [0.25, 0.3) is 11.8 Å². The fourth-order valence-electron chi connectivity index (χ4n) is 4.01. The number of hydrogen-bond donors (Lipinski definition) is 2. The van der Waals surface area contributed by atoms with Crippen molar-refractivity contribution in [1.82, 2.24) is 10.2 Å². The van der Waals surface area contributed by atoms with Crippen molar-refractivity contribution in [1.29, 1.82) is 0 Å². The number of carbonyl (C=O) groups is 5. The highest BCUT2D eigenvalue weighted by atomic mass is 16.2. The summed E-state index contributed by atoms with van der Waals surface area (Å²) in [6.07, 6.45) is 3.76. The summed E-state index contributed by atoms with van der Waals surface area (Å²) >= 11 is 0. The third-order valence-corrected chi connectivity index (χ3v) is 6.10. The van der Waals surface area contributed by atoms with Crippen molar-refractivity contribution < 1.29 is 24.0 Å². The Kier molecular flexibility index (Phi) is 6.26. The molecule has 3 aliphatic rings. The number of piperidine rings is 1. The molecule has 3 heterocycles. The molecule has 3 N–H and O–H groups in total. The number of hydrogen-bond acceptors (Lipinski definition) is 8. The van der Waals surface area contributed by atoms with E-state index in [4.69, 9.17) is 5.73 Å². The van der Waals surface area contributed by atoms with Gasteiger partial charge < -0.3 is 15.4 Å². The Morgan fingerprint density at radius 2 is 1.89 bits per heavy atom. The van der Waals surface area contributed by atoms with Gasteiger partial charge in [0.2, 0.25) is 11.8 Å². The Morgan fingerprint density at radius 3 is 2.54 bits per heavy atom. The molecular formula is C25H25N5O5. The van der Waals surface area contributed by atoms with Crippen LogP contribution in [-0.4, -0.2) is 65.7 Å². The van der Waals surface area contributed by atoms with Crippen LogP contribution < -0.4 is 16.0 Å². The average molecular weight is 476 g/mol. The molecule has 0 spiro atoms. The lowest BCUT2D eigenvalue weighted by molar-refractivity contribution is -0.136. The molecule has 2 fully saturated rings. The lowest BCUT2D eigenvalue weighted by Gasteiger charge is -2.38. The van der Waals surface area contributed by atoms with Gasteiger partial charge >= 0.3 is 0 Å². The summed E-state index contributed by atoms with van der Waals surface area (Å²) < 4.78 is 0. The highest BCUT2D eigenvalue weighted by Gasteiger charge is 2.45. The molecule has 0 radical (unpaired) electrons. The Hall–Kier alpha value is -4.26. The number of anilines is 1. The maximum atomic E-state index is 13.0. The number of allylic oxidation sites excluding steroid dienone is 1. The molecule has 4 rings (SSSR count). The van der Waals surface area contributed by atoms with Crippen LogP contribution in [0.1, 0.15) is 47.4 Å². The van der Waals surface area contributed by atoms with Crippen molar-refractivity contribution in [2.75, 3.05) is 18.0 Å². The van der Waals surface area contributed by atoms with E-state index < -0.39 is 35.2 Å². The van der Waals surface area contributed by atoms with Crippen LogP contribution in [0.25, 0.3) is 0 Å². The maximum Gasteiger partial charge on any atom is 0.262 e. The topological polar surface area (TPSA) is 142 Å². The quantitative estimate of drug-likeness (QED) is 0.272. The Balaban J connectivity index is 1.42. The standard InChI is InChI=1S/C25H25N5O5/c1-25(2,14-31)27-11-15(10-26)3-4-16-12-29(13-16)17-5-6-18-19(9-17)24(35)30(23(18)34)20-7-8-21(32)28-22(20)33/h5-6,9-11,14,16,20H,7-8,12-13,26H2,1-2H3,(H,28,32,33). The maximum absolute atomic E-state index is 13.0. The van der Waals surface area contributed by atoms with Crippen molar-refractivity contribution >= 4 is 41.8 Å². The van der Waals surface area contributed by atoms with E-state index in [-0.39, 0.29) is 29.9 Å². The Bertz CT molecular complexity index is 1250. The van der Waals surface area contributed by atoms with Gasteiger partial charge in [-0.15, -0.1) is 0 Å². The first-order valence-electron chi connectivity index (χ1n) is 11.2. The number of carbonyl (C=O) groups excluding carboxylic acids is 5. The second-order valence-electron chi connectivity index (χ2n) is 9.20. The normalized spacial score (nSPS) is 21.0. The van der Waals surface area contributed by atoms with Crippen molar-refractivity contribution in [3.63, 3.8) is 0 Å². The van der Waals surface area contributed by atoms with Crippen LogP contribution in [0.15, 0.2) is 35.0 Å². The van der Waals surface area contributed by atoms with E-state index in [0.717, 1.165) is 16.9 Å². The minimum absolute atomic E-state index is 0.0722. The molecule has 4 amide bonds. The molecule has 180 valence electrons. The molecule has 10 nitrogen and oxygen atoms in total. The molecule has 0 bridgehead atoms. The third kappa shape index (κ3) is 4.71. The predicted molar refractivity (Wildman–Crippen MR) is 127 cm³/mol. The molecule has 0 aliphatic carbocycles. The van der Waals surface area contributed by atoms with Gasteiger partial charge in [0.1, 0.15) is 17.9 Å². The van der Waals surface area contributed by atoms with Crippen molar-refractivity contribution in [2.45, 2.75) is 38.3 Å². The van der Waals surface area contributed by atoms with Crippen LogP contribution in [-0.2, 0) is 14.4 Å². The summed E-state index contributed by atoms with van der Waals surface area (Å²) in [6.45, 7) is 4.61. The van der Waals surface area contributed by atoms with Gasteiger partial charge in [-0.3, -0.25) is 34.4 Å². The second kappa shape index (κ2) is 9.18. The predicted octanol–water partition coefficient (Wildman–Crippen LogP) is 0.418. The fourth-order valence-corrected chi connectivity index (χ4v) is 4.01. The van der Waals surface area contributed by atoms with Crippen LogP contribution in [0.3, 0.4) is 0 Å². The number of imide groups is 2. The van der Waals surface area contributed by atoms with Gasteiger partial charge in [-0.1, -0.05) is 11.8 Å². The number of nitrogens with two attached hydrogens (primary N) is 1. The molecule has 10 heteroatoms. The number of nitrogens with zero attached hydrogens (tertiary/aromatic N) is 3. The summed E-state index contributed by atoms with van der Waals surface area (Å²) in [5.74, 6) is 4.07. The van der Waals surface area contributed by atoms with E-state index in [1.807, 2.05) is 4.90 Å². The van der Waals surface area contributed by atoms with Crippen LogP contribution >= 0.6 is 0 Å². The second-order valence-corrected chi connectivity index (χ2v) is 9.20. The molecule has 35 heavy (non-hydrogen) atoms. The van der Waals surface area contributed by atoms with E-state index in [9.17, 15) is 24.0 Å². The third-order valence-electron chi connectivity index (χ3n) is 6.10. The molecule has 2 saturated heterocycles. The van der Waals surface area contributed by atoms with Crippen molar-refractivity contribution in [3.05, 3.63) is 41.1 Å². The zero-order valence-corrected chi connectivity index (χ0v) is 19.4. The van der Waals surface area contributed by atoms with E-state index >= 15 is 0 Å².